The van der Waals surface area contributed by atoms with Crippen molar-refractivity contribution in [2.24, 2.45) is 0 Å². The minimum absolute atomic E-state index is 0.0311. The molecule has 0 fully saturated rings. The van der Waals surface area contributed by atoms with Gasteiger partial charge in [0, 0.05) is 0 Å². The van der Waals surface area contributed by atoms with Crippen LogP contribution in [0.4, 0.5) is 5.69 Å². The molecule has 2 N–H and O–H groups in total. The first-order valence-electron chi connectivity index (χ1n) is 6.46. The van der Waals surface area contributed by atoms with Gasteiger partial charge in [-0.25, -0.2) is 18.4 Å². The zero-order chi connectivity index (χ0) is 16.7. The number of hydrogen-bond acceptors (Lipinski definition) is 7. The highest BCUT2D eigenvalue weighted by Gasteiger charge is 2.19. The third-order valence-corrected chi connectivity index (χ3v) is 7.54. The highest BCUT2D eigenvalue weighted by molar-refractivity contribution is 7.93. The monoisotopic (exact) mass is 372 g/mol. The van der Waals surface area contributed by atoms with Crippen molar-refractivity contribution in [3.8, 4) is 0 Å². The van der Waals surface area contributed by atoms with Crippen molar-refractivity contribution < 1.29 is 16.8 Å². The number of imidazole rings is 1. The number of hydrogen-bond donors (Lipinski definition) is 2. The second-order valence-electron chi connectivity index (χ2n) is 4.59. The number of fused-ring (bicyclic) bond motifs is 1. The Hall–Kier alpha value is -1.98. The number of aromatic nitrogens is 3. The highest BCUT2D eigenvalue weighted by atomic mass is 32.2. The topological polar surface area (TPSA) is 122 Å². The highest BCUT2D eigenvalue weighted by Crippen LogP contribution is 2.29. The first-order chi connectivity index (χ1) is 10.8. The molecular formula is C12H12N4O4S3. The van der Waals surface area contributed by atoms with Crippen molar-refractivity contribution in [1.29, 1.82) is 0 Å². The van der Waals surface area contributed by atoms with Crippen LogP contribution in [0.2, 0.25) is 0 Å². The standard InChI is InChI=1S/C12H12N4O4S3/c1-2-22(17,18)12-15-9-4-3-8(5-10(9)21-12)16-23(19,20)11-6-13-7-14-11/h3-7,16H,2H2,1H3,(H,13,14). The Morgan fingerprint density at radius 1 is 1.26 bits per heavy atom. The molecule has 3 rings (SSSR count). The van der Waals surface area contributed by atoms with Gasteiger partial charge in [-0.05, 0) is 18.2 Å². The van der Waals surface area contributed by atoms with E-state index in [1.54, 1.807) is 19.1 Å². The average Bonchev–Trinajstić information content (AvgIpc) is 3.16. The normalized spacial score (nSPS) is 12.6. The van der Waals surface area contributed by atoms with Gasteiger partial charge in [0.1, 0.15) is 0 Å². The number of anilines is 1. The van der Waals surface area contributed by atoms with E-state index in [1.807, 2.05) is 0 Å². The van der Waals surface area contributed by atoms with Gasteiger partial charge in [-0.2, -0.15) is 8.42 Å². The van der Waals surface area contributed by atoms with E-state index in [0.717, 1.165) is 11.3 Å². The Labute approximate surface area is 136 Å². The number of rotatable bonds is 5. The summed E-state index contributed by atoms with van der Waals surface area (Å²) < 4.78 is 51.0. The lowest BCUT2D eigenvalue weighted by atomic mass is 10.3. The van der Waals surface area contributed by atoms with Crippen LogP contribution >= 0.6 is 11.3 Å². The van der Waals surface area contributed by atoms with E-state index in [2.05, 4.69) is 19.7 Å². The van der Waals surface area contributed by atoms with Crippen LogP contribution in [0, 0.1) is 0 Å². The second kappa shape index (κ2) is 5.58. The van der Waals surface area contributed by atoms with Crippen molar-refractivity contribution >= 4 is 47.1 Å². The van der Waals surface area contributed by atoms with Crippen molar-refractivity contribution in [2.45, 2.75) is 16.3 Å². The van der Waals surface area contributed by atoms with E-state index >= 15 is 0 Å². The molecule has 2 heterocycles. The molecule has 8 nitrogen and oxygen atoms in total. The minimum atomic E-state index is -3.77. The van der Waals surface area contributed by atoms with E-state index in [4.69, 9.17) is 0 Å². The number of nitrogens with zero attached hydrogens (tertiary/aromatic N) is 2. The predicted octanol–water partition coefficient (Wildman–Crippen LogP) is 1.61. The van der Waals surface area contributed by atoms with Gasteiger partial charge in [0.05, 0.1) is 34.2 Å². The summed E-state index contributed by atoms with van der Waals surface area (Å²) in [5.41, 5.74) is 0.822. The molecule has 1 aromatic carbocycles. The van der Waals surface area contributed by atoms with Crippen molar-refractivity contribution in [2.75, 3.05) is 10.5 Å². The number of nitrogens with one attached hydrogen (secondary N) is 2. The fourth-order valence-corrected chi connectivity index (χ4v) is 5.13. The lowest BCUT2D eigenvalue weighted by molar-refractivity contribution is 0.595. The van der Waals surface area contributed by atoms with Crippen molar-refractivity contribution in [3.63, 3.8) is 0 Å². The molecule has 0 atom stereocenters. The Kier molecular flexibility index (Phi) is 3.86. The van der Waals surface area contributed by atoms with Gasteiger partial charge in [0.25, 0.3) is 10.0 Å². The zero-order valence-corrected chi connectivity index (χ0v) is 14.3. The summed E-state index contributed by atoms with van der Waals surface area (Å²) in [4.78, 5) is 10.3. The maximum atomic E-state index is 12.1. The number of thiazole rings is 1. The summed E-state index contributed by atoms with van der Waals surface area (Å²) in [6.07, 6.45) is 2.46. The van der Waals surface area contributed by atoms with Crippen molar-refractivity contribution in [3.05, 3.63) is 30.7 Å². The van der Waals surface area contributed by atoms with Crippen LogP contribution in [0.1, 0.15) is 6.92 Å². The van der Waals surface area contributed by atoms with Gasteiger partial charge < -0.3 is 4.98 Å². The second-order valence-corrected chi connectivity index (χ2v) is 9.72. The fourth-order valence-electron chi connectivity index (χ4n) is 1.82. The fraction of sp³-hybridized carbons (Fsp3) is 0.167. The Morgan fingerprint density at radius 2 is 2.04 bits per heavy atom. The smallest absolute Gasteiger partial charge is 0.278 e. The number of aromatic amines is 1. The lowest BCUT2D eigenvalue weighted by Gasteiger charge is -2.05. The maximum absolute atomic E-state index is 12.1. The van der Waals surface area contributed by atoms with Gasteiger partial charge in [-0.3, -0.25) is 4.72 Å². The van der Waals surface area contributed by atoms with E-state index in [9.17, 15) is 16.8 Å². The zero-order valence-electron chi connectivity index (χ0n) is 11.8. The first kappa shape index (κ1) is 15.9. The molecule has 0 amide bonds. The molecule has 11 heteroatoms. The first-order valence-corrected chi connectivity index (χ1v) is 10.4. The largest absolute Gasteiger partial charge is 0.334 e. The quantitative estimate of drug-likeness (QED) is 0.702. The molecule has 0 saturated heterocycles. The molecule has 0 aliphatic rings. The van der Waals surface area contributed by atoms with Crippen LogP contribution in [0.5, 0.6) is 0 Å². The molecule has 0 aliphatic carbocycles. The number of benzene rings is 1. The summed E-state index contributed by atoms with van der Waals surface area (Å²) in [5, 5.41) is -0.0591. The Balaban J connectivity index is 1.98. The molecule has 0 aliphatic heterocycles. The molecule has 3 aromatic rings. The van der Waals surface area contributed by atoms with Crippen LogP contribution < -0.4 is 4.72 Å². The van der Waals surface area contributed by atoms with Gasteiger partial charge in [0.15, 0.2) is 5.03 Å². The SMILES string of the molecule is CCS(=O)(=O)c1nc2ccc(NS(=O)(=O)c3cnc[nH]3)cc2s1. The summed E-state index contributed by atoms with van der Waals surface area (Å²) in [5.74, 6) is -0.0356. The molecule has 0 unspecified atom stereocenters. The van der Waals surface area contributed by atoms with Crippen LogP contribution in [0.25, 0.3) is 10.2 Å². The maximum Gasteiger partial charge on any atom is 0.278 e. The summed E-state index contributed by atoms with van der Waals surface area (Å²) >= 11 is 1.01. The van der Waals surface area contributed by atoms with Crippen LogP contribution in [-0.2, 0) is 19.9 Å². The van der Waals surface area contributed by atoms with Gasteiger partial charge >= 0.3 is 0 Å². The molecule has 2 aromatic heterocycles. The molecule has 23 heavy (non-hydrogen) atoms. The molecule has 0 spiro atoms. The lowest BCUT2D eigenvalue weighted by Crippen LogP contribution is -2.13. The Morgan fingerprint density at radius 3 is 2.70 bits per heavy atom. The van der Waals surface area contributed by atoms with Gasteiger partial charge in [0.2, 0.25) is 14.2 Å². The Bertz CT molecular complexity index is 1050. The van der Waals surface area contributed by atoms with Crippen molar-refractivity contribution in [1.82, 2.24) is 15.0 Å². The number of H-pyrrole nitrogens is 1. The molecular weight excluding hydrogens is 360 g/mol. The van der Waals surface area contributed by atoms with E-state index in [1.165, 1.54) is 18.6 Å². The van der Waals surface area contributed by atoms with E-state index in [-0.39, 0.29) is 15.1 Å². The summed E-state index contributed by atoms with van der Waals surface area (Å²) in [6.45, 7) is 1.55. The van der Waals surface area contributed by atoms with Crippen LogP contribution in [-0.4, -0.2) is 37.5 Å². The molecule has 0 bridgehead atoms. The average molecular weight is 372 g/mol. The number of sulfone groups is 1. The van der Waals surface area contributed by atoms with Gasteiger partial charge in [-0.15, -0.1) is 11.3 Å². The van der Waals surface area contributed by atoms with E-state index < -0.39 is 19.9 Å². The third-order valence-electron chi connectivity index (χ3n) is 3.03. The van der Waals surface area contributed by atoms with E-state index in [0.29, 0.717) is 15.9 Å². The minimum Gasteiger partial charge on any atom is -0.334 e. The molecule has 0 radical (unpaired) electrons. The van der Waals surface area contributed by atoms with Gasteiger partial charge in [-0.1, -0.05) is 6.92 Å². The predicted molar refractivity (Wildman–Crippen MR) is 86.7 cm³/mol. The summed E-state index contributed by atoms with van der Waals surface area (Å²) in [6, 6.07) is 4.65. The molecule has 122 valence electrons. The number of sulfonamides is 1. The summed E-state index contributed by atoms with van der Waals surface area (Å²) in [7, 11) is -7.15. The molecule has 0 saturated carbocycles. The van der Waals surface area contributed by atoms with Crippen LogP contribution in [0.3, 0.4) is 0 Å². The third kappa shape index (κ3) is 3.07. The van der Waals surface area contributed by atoms with Crippen LogP contribution in [0.15, 0.2) is 40.1 Å².